The van der Waals surface area contributed by atoms with E-state index in [4.69, 9.17) is 9.47 Å². The Labute approximate surface area is 165 Å². The average molecular weight is 376 g/mol. The van der Waals surface area contributed by atoms with Crippen molar-refractivity contribution in [2.24, 2.45) is 5.92 Å². The molecule has 0 aromatic heterocycles. The molecular formula is C24H24O4. The van der Waals surface area contributed by atoms with Gasteiger partial charge in [0.05, 0.1) is 13.2 Å². The first-order chi connectivity index (χ1) is 13.6. The normalized spacial score (nSPS) is 21.1. The Morgan fingerprint density at radius 1 is 0.964 bits per heavy atom. The molecule has 0 bridgehead atoms. The van der Waals surface area contributed by atoms with Crippen LogP contribution in [-0.4, -0.2) is 25.2 Å². The first kappa shape index (κ1) is 18.5. The number of hydrogen-bond donors (Lipinski definition) is 0. The highest BCUT2D eigenvalue weighted by Crippen LogP contribution is 2.53. The maximum Gasteiger partial charge on any atom is 0.328 e. The summed E-state index contributed by atoms with van der Waals surface area (Å²) in [7, 11) is 0. The number of carbonyl (C=O) groups excluding carboxylic acids is 2. The summed E-state index contributed by atoms with van der Waals surface area (Å²) in [6.45, 7) is 3.93. The average Bonchev–Trinajstić information content (AvgIpc) is 2.72. The summed E-state index contributed by atoms with van der Waals surface area (Å²) in [4.78, 5) is 26.8. The second kappa shape index (κ2) is 7.27. The van der Waals surface area contributed by atoms with E-state index in [-0.39, 0.29) is 25.0 Å². The maximum absolute atomic E-state index is 13.4. The molecule has 0 spiro atoms. The third-order valence-electron chi connectivity index (χ3n) is 5.89. The monoisotopic (exact) mass is 376 g/mol. The molecule has 0 amide bonds. The van der Waals surface area contributed by atoms with Gasteiger partial charge in [-0.15, -0.1) is 0 Å². The van der Waals surface area contributed by atoms with E-state index in [1.807, 2.05) is 48.6 Å². The van der Waals surface area contributed by atoms with Crippen LogP contribution in [0, 0.1) is 5.92 Å². The summed E-state index contributed by atoms with van der Waals surface area (Å²) in [5.41, 5.74) is 2.50. The Bertz CT molecular complexity index is 925. The molecule has 4 nitrogen and oxygen atoms in total. The molecule has 2 atom stereocenters. The molecular weight excluding hydrogens is 352 g/mol. The number of carbonyl (C=O) groups is 2. The van der Waals surface area contributed by atoms with Gasteiger partial charge in [0.25, 0.3) is 0 Å². The molecule has 4 heteroatoms. The summed E-state index contributed by atoms with van der Waals surface area (Å²) >= 11 is 0. The van der Waals surface area contributed by atoms with Crippen LogP contribution in [0.25, 0.3) is 6.08 Å². The molecule has 4 rings (SSSR count). The van der Waals surface area contributed by atoms with Gasteiger partial charge in [0, 0.05) is 5.92 Å². The SMILES string of the molecule is CCOC(=O)C1(C(=O)OCC)c2ccccc2CC2c3ccccc3C=CC21. The molecule has 0 fully saturated rings. The second-order valence-electron chi connectivity index (χ2n) is 7.23. The molecule has 0 aliphatic heterocycles. The number of ether oxygens (including phenoxy) is 2. The lowest BCUT2D eigenvalue weighted by Crippen LogP contribution is -2.56. The van der Waals surface area contributed by atoms with Crippen LogP contribution in [0.4, 0.5) is 0 Å². The van der Waals surface area contributed by atoms with Crippen LogP contribution in [0.3, 0.4) is 0 Å². The molecule has 2 aromatic rings. The zero-order valence-corrected chi connectivity index (χ0v) is 16.2. The van der Waals surface area contributed by atoms with Crippen LogP contribution in [0.5, 0.6) is 0 Å². The van der Waals surface area contributed by atoms with Crippen molar-refractivity contribution in [1.82, 2.24) is 0 Å². The highest BCUT2D eigenvalue weighted by Gasteiger charge is 2.61. The Morgan fingerprint density at radius 2 is 1.61 bits per heavy atom. The van der Waals surface area contributed by atoms with Crippen LogP contribution in [-0.2, 0) is 30.9 Å². The van der Waals surface area contributed by atoms with Gasteiger partial charge in [-0.05, 0) is 48.4 Å². The number of benzene rings is 2. The smallest absolute Gasteiger partial charge is 0.328 e. The molecule has 0 radical (unpaired) electrons. The summed E-state index contributed by atoms with van der Waals surface area (Å²) < 4.78 is 10.9. The Balaban J connectivity index is 1.99. The van der Waals surface area contributed by atoms with E-state index in [9.17, 15) is 9.59 Å². The van der Waals surface area contributed by atoms with Gasteiger partial charge in [-0.2, -0.15) is 0 Å². The van der Waals surface area contributed by atoms with E-state index in [0.717, 1.165) is 23.1 Å². The van der Waals surface area contributed by atoms with Gasteiger partial charge in [0.2, 0.25) is 0 Å². The quantitative estimate of drug-likeness (QED) is 0.597. The van der Waals surface area contributed by atoms with Gasteiger partial charge in [-0.1, -0.05) is 60.7 Å². The number of esters is 2. The van der Waals surface area contributed by atoms with Gasteiger partial charge in [0.15, 0.2) is 5.41 Å². The highest BCUT2D eigenvalue weighted by molar-refractivity contribution is 6.08. The molecule has 28 heavy (non-hydrogen) atoms. The fraction of sp³-hybridized carbons (Fsp3) is 0.333. The van der Waals surface area contributed by atoms with Crippen LogP contribution < -0.4 is 0 Å². The zero-order chi connectivity index (χ0) is 19.7. The fourth-order valence-electron chi connectivity index (χ4n) is 4.78. The van der Waals surface area contributed by atoms with Crippen molar-refractivity contribution in [3.8, 4) is 0 Å². The number of allylic oxidation sites excluding steroid dienone is 1. The third-order valence-corrected chi connectivity index (χ3v) is 5.89. The standard InChI is InChI=1S/C24H24O4/c1-3-27-22(25)24(23(26)28-4-2)20-12-8-6-10-17(20)15-19-18-11-7-5-9-16(18)13-14-21(19)24/h5-14,19,21H,3-4,15H2,1-2H3. The van der Waals surface area contributed by atoms with Crippen molar-refractivity contribution in [3.05, 3.63) is 76.9 Å². The summed E-state index contributed by atoms with van der Waals surface area (Å²) in [5, 5.41) is 0. The van der Waals surface area contributed by atoms with Crippen molar-refractivity contribution in [2.45, 2.75) is 31.6 Å². The topological polar surface area (TPSA) is 52.6 Å². The maximum atomic E-state index is 13.4. The van der Waals surface area contributed by atoms with Crippen molar-refractivity contribution in [2.75, 3.05) is 13.2 Å². The van der Waals surface area contributed by atoms with Crippen LogP contribution in [0.2, 0.25) is 0 Å². The van der Waals surface area contributed by atoms with E-state index in [0.29, 0.717) is 5.56 Å². The van der Waals surface area contributed by atoms with Crippen LogP contribution >= 0.6 is 0 Å². The minimum atomic E-state index is -1.49. The van der Waals surface area contributed by atoms with Crippen molar-refractivity contribution in [3.63, 3.8) is 0 Å². The Hall–Kier alpha value is -2.88. The van der Waals surface area contributed by atoms with Crippen molar-refractivity contribution in [1.29, 1.82) is 0 Å². The lowest BCUT2D eigenvalue weighted by atomic mass is 9.56. The fourth-order valence-corrected chi connectivity index (χ4v) is 4.78. The predicted octanol–water partition coefficient (Wildman–Crippen LogP) is 4.03. The van der Waals surface area contributed by atoms with Gasteiger partial charge < -0.3 is 9.47 Å². The largest absolute Gasteiger partial charge is 0.465 e. The first-order valence-electron chi connectivity index (χ1n) is 9.84. The van der Waals surface area contributed by atoms with Gasteiger partial charge in [-0.3, -0.25) is 9.59 Å². The molecule has 2 unspecified atom stereocenters. The molecule has 0 heterocycles. The summed E-state index contributed by atoms with van der Waals surface area (Å²) in [6.07, 6.45) is 4.77. The number of rotatable bonds is 4. The van der Waals surface area contributed by atoms with E-state index in [2.05, 4.69) is 12.1 Å². The Morgan fingerprint density at radius 3 is 2.32 bits per heavy atom. The summed E-state index contributed by atoms with van der Waals surface area (Å²) in [6, 6.07) is 15.9. The summed E-state index contributed by atoms with van der Waals surface area (Å²) in [5.74, 6) is -1.40. The zero-order valence-electron chi connectivity index (χ0n) is 16.2. The molecule has 2 aromatic carbocycles. The third kappa shape index (κ3) is 2.59. The molecule has 2 aliphatic carbocycles. The molecule has 0 N–H and O–H groups in total. The number of hydrogen-bond acceptors (Lipinski definition) is 4. The lowest BCUT2D eigenvalue weighted by Gasteiger charge is -2.46. The van der Waals surface area contributed by atoms with Crippen LogP contribution in [0.15, 0.2) is 54.6 Å². The van der Waals surface area contributed by atoms with E-state index in [1.165, 1.54) is 0 Å². The van der Waals surface area contributed by atoms with E-state index < -0.39 is 17.4 Å². The van der Waals surface area contributed by atoms with Gasteiger partial charge >= 0.3 is 11.9 Å². The van der Waals surface area contributed by atoms with Gasteiger partial charge in [-0.25, -0.2) is 0 Å². The molecule has 144 valence electrons. The Kier molecular flexibility index (Phi) is 4.80. The predicted molar refractivity (Wildman–Crippen MR) is 107 cm³/mol. The van der Waals surface area contributed by atoms with Crippen LogP contribution in [0.1, 0.15) is 42.0 Å². The van der Waals surface area contributed by atoms with E-state index >= 15 is 0 Å². The second-order valence-corrected chi connectivity index (χ2v) is 7.23. The minimum Gasteiger partial charge on any atom is -0.465 e. The number of fused-ring (bicyclic) bond motifs is 4. The van der Waals surface area contributed by atoms with Crippen molar-refractivity contribution >= 4 is 18.0 Å². The van der Waals surface area contributed by atoms with Gasteiger partial charge in [0.1, 0.15) is 0 Å². The highest BCUT2D eigenvalue weighted by atomic mass is 16.6. The van der Waals surface area contributed by atoms with Crippen molar-refractivity contribution < 1.29 is 19.1 Å². The first-order valence-corrected chi connectivity index (χ1v) is 9.84. The minimum absolute atomic E-state index is 0.00455. The molecule has 0 saturated heterocycles. The molecule has 2 aliphatic rings. The molecule has 0 saturated carbocycles. The van der Waals surface area contributed by atoms with E-state index in [1.54, 1.807) is 13.8 Å². The lowest BCUT2D eigenvalue weighted by molar-refractivity contribution is -0.168.